The molecule has 39 heavy (non-hydrogen) atoms. The van der Waals surface area contributed by atoms with E-state index >= 15 is 0 Å². The minimum Gasteiger partial charge on any atom is -0.378 e. The number of allylic oxidation sites excluding steroid dienone is 1. The van der Waals surface area contributed by atoms with Crippen molar-refractivity contribution in [3.63, 3.8) is 0 Å². The summed E-state index contributed by atoms with van der Waals surface area (Å²) in [5.41, 5.74) is 6.83. The van der Waals surface area contributed by atoms with Gasteiger partial charge in [-0.3, -0.25) is 14.5 Å². The van der Waals surface area contributed by atoms with E-state index in [1.165, 1.54) is 0 Å². The van der Waals surface area contributed by atoms with Crippen LogP contribution in [0.2, 0.25) is 0 Å². The zero-order chi connectivity index (χ0) is 26.9. The summed E-state index contributed by atoms with van der Waals surface area (Å²) in [6.07, 6.45) is 1.10. The minimum atomic E-state index is -0.565. The fourth-order valence-corrected chi connectivity index (χ4v) is 5.76. The third-order valence-corrected chi connectivity index (χ3v) is 7.72. The average Bonchev–Trinajstić information content (AvgIpc) is 3.12. The molecule has 4 aromatic rings. The lowest BCUT2D eigenvalue weighted by Gasteiger charge is -2.35. The number of carbonyl (C=O) groups is 2. The van der Waals surface area contributed by atoms with Gasteiger partial charge in [-0.2, -0.15) is 0 Å². The van der Waals surface area contributed by atoms with Gasteiger partial charge in [-0.25, -0.2) is 0 Å². The van der Waals surface area contributed by atoms with Crippen LogP contribution in [-0.2, 0) is 4.79 Å². The number of nitrogens with zero attached hydrogens (tertiary/aromatic N) is 2. The van der Waals surface area contributed by atoms with Crippen molar-refractivity contribution in [3.8, 4) is 0 Å². The normalized spacial score (nSPS) is 18.5. The van der Waals surface area contributed by atoms with Gasteiger partial charge >= 0.3 is 0 Å². The Balaban J connectivity index is 1.56. The number of benzene rings is 4. The number of ketones is 1. The average molecular weight is 514 g/mol. The molecule has 4 aromatic carbocycles. The number of nitrogens with one attached hydrogen (secondary N) is 1. The van der Waals surface area contributed by atoms with E-state index in [9.17, 15) is 9.59 Å². The third-order valence-electron chi connectivity index (χ3n) is 7.72. The van der Waals surface area contributed by atoms with Gasteiger partial charge in [-0.15, -0.1) is 0 Å². The molecule has 0 spiro atoms. The zero-order valence-corrected chi connectivity index (χ0v) is 22.2. The quantitative estimate of drug-likeness (QED) is 0.320. The van der Waals surface area contributed by atoms with Gasteiger partial charge in [0.2, 0.25) is 0 Å². The van der Waals surface area contributed by atoms with E-state index in [4.69, 9.17) is 0 Å². The molecular formula is C34H31N3O2. The lowest BCUT2D eigenvalue weighted by Crippen LogP contribution is -2.38. The maximum Gasteiger partial charge on any atom is 0.259 e. The van der Waals surface area contributed by atoms with Crippen molar-refractivity contribution in [3.05, 3.63) is 137 Å². The van der Waals surface area contributed by atoms with Crippen LogP contribution in [0.4, 0.5) is 17.1 Å². The summed E-state index contributed by atoms with van der Waals surface area (Å²) in [6.45, 7) is 0. The molecule has 5 heteroatoms. The van der Waals surface area contributed by atoms with Crippen molar-refractivity contribution < 1.29 is 9.59 Å². The highest BCUT2D eigenvalue weighted by atomic mass is 16.2. The number of Topliss-reactive ketones (excluding diaryl/α,β-unsaturated/α-hetero) is 1. The van der Waals surface area contributed by atoms with Crippen molar-refractivity contribution in [1.82, 2.24) is 0 Å². The number of hydrogen-bond acceptors (Lipinski definition) is 4. The second-order valence-electron chi connectivity index (χ2n) is 10.4. The molecule has 1 heterocycles. The molecule has 1 N–H and O–H groups in total. The van der Waals surface area contributed by atoms with Crippen molar-refractivity contribution in [2.45, 2.75) is 24.8 Å². The summed E-state index contributed by atoms with van der Waals surface area (Å²) in [5.74, 6) is 0.00137. The smallest absolute Gasteiger partial charge is 0.259 e. The van der Waals surface area contributed by atoms with Gasteiger partial charge in [0.1, 0.15) is 0 Å². The van der Waals surface area contributed by atoms with E-state index in [-0.39, 0.29) is 17.6 Å². The Bertz CT molecular complexity index is 1540. The summed E-state index contributed by atoms with van der Waals surface area (Å²) < 4.78 is 0. The Labute approximate surface area is 229 Å². The fourth-order valence-electron chi connectivity index (χ4n) is 5.76. The van der Waals surface area contributed by atoms with E-state index in [0.29, 0.717) is 24.0 Å². The van der Waals surface area contributed by atoms with Crippen LogP contribution in [0.25, 0.3) is 0 Å². The third kappa shape index (κ3) is 4.61. The maximum atomic E-state index is 14.3. The Morgan fingerprint density at radius 3 is 2.10 bits per heavy atom. The highest BCUT2D eigenvalue weighted by Crippen LogP contribution is 2.48. The zero-order valence-electron chi connectivity index (χ0n) is 22.2. The molecule has 2 atom stereocenters. The lowest BCUT2D eigenvalue weighted by molar-refractivity contribution is -0.116. The standard InChI is InChI=1S/C34H31N3O2/c1-36(2)27-19-17-24(18-20-27)33-32-29(21-26(22-31(32)38)23-11-5-3-6-12-23)35-28-15-9-10-16-30(28)37(33)34(39)25-13-7-4-8-14-25/h3-20,26,33,35H,21-22H2,1-2H3/t26-,33-/m1/s1. The predicted octanol–water partition coefficient (Wildman–Crippen LogP) is 6.97. The topological polar surface area (TPSA) is 52.7 Å². The van der Waals surface area contributed by atoms with Gasteiger partial charge in [0.05, 0.1) is 17.4 Å². The number of amides is 1. The highest BCUT2D eigenvalue weighted by molar-refractivity contribution is 6.12. The molecule has 0 unspecified atom stereocenters. The fraction of sp³-hybridized carbons (Fsp3) is 0.176. The first-order valence-electron chi connectivity index (χ1n) is 13.3. The monoisotopic (exact) mass is 513 g/mol. The summed E-state index contributed by atoms with van der Waals surface area (Å²) in [7, 11) is 4.00. The second kappa shape index (κ2) is 10.3. The van der Waals surface area contributed by atoms with Crippen molar-refractivity contribution >= 4 is 28.8 Å². The molecule has 1 amide bonds. The van der Waals surface area contributed by atoms with E-state index in [0.717, 1.165) is 33.9 Å². The van der Waals surface area contributed by atoms with Gasteiger partial charge in [0.25, 0.3) is 5.91 Å². The van der Waals surface area contributed by atoms with Crippen molar-refractivity contribution in [1.29, 1.82) is 0 Å². The lowest BCUT2D eigenvalue weighted by atomic mass is 9.78. The van der Waals surface area contributed by atoms with Gasteiger partial charge in [-0.1, -0.05) is 72.8 Å². The molecule has 0 saturated carbocycles. The summed E-state index contributed by atoms with van der Waals surface area (Å²) >= 11 is 0. The van der Waals surface area contributed by atoms with Gasteiger partial charge < -0.3 is 10.2 Å². The van der Waals surface area contributed by atoms with E-state index in [1.54, 1.807) is 0 Å². The summed E-state index contributed by atoms with van der Waals surface area (Å²) in [6, 6.07) is 35.0. The van der Waals surface area contributed by atoms with Gasteiger partial charge in [0.15, 0.2) is 5.78 Å². The number of para-hydroxylation sites is 2. The summed E-state index contributed by atoms with van der Waals surface area (Å²) in [5, 5.41) is 3.61. The van der Waals surface area contributed by atoms with Crippen LogP contribution < -0.4 is 15.1 Å². The number of anilines is 3. The van der Waals surface area contributed by atoms with Gasteiger partial charge in [-0.05, 0) is 59.9 Å². The molecule has 5 nitrogen and oxygen atoms in total. The Morgan fingerprint density at radius 1 is 0.769 bits per heavy atom. The number of hydrogen-bond donors (Lipinski definition) is 1. The van der Waals surface area contributed by atoms with Crippen LogP contribution in [-0.4, -0.2) is 25.8 Å². The van der Waals surface area contributed by atoms with E-state index < -0.39 is 6.04 Å². The Morgan fingerprint density at radius 2 is 1.41 bits per heavy atom. The molecule has 2 aliphatic rings. The first kappa shape index (κ1) is 24.7. The minimum absolute atomic E-state index is 0.0676. The molecule has 1 aliphatic heterocycles. The second-order valence-corrected chi connectivity index (χ2v) is 10.4. The van der Waals surface area contributed by atoms with Crippen LogP contribution in [0.1, 0.15) is 46.3 Å². The number of fused-ring (bicyclic) bond motifs is 1. The van der Waals surface area contributed by atoms with Gasteiger partial charge in [0, 0.05) is 43.0 Å². The Kier molecular flexibility index (Phi) is 6.49. The molecule has 1 aliphatic carbocycles. The molecule has 0 radical (unpaired) electrons. The largest absolute Gasteiger partial charge is 0.378 e. The highest BCUT2D eigenvalue weighted by Gasteiger charge is 2.41. The van der Waals surface area contributed by atoms with Crippen molar-refractivity contribution in [2.75, 3.05) is 29.2 Å². The van der Waals surface area contributed by atoms with E-state index in [1.807, 2.05) is 121 Å². The summed E-state index contributed by atoms with van der Waals surface area (Å²) in [4.78, 5) is 32.3. The number of carbonyl (C=O) groups excluding carboxylic acids is 2. The maximum absolute atomic E-state index is 14.3. The van der Waals surface area contributed by atoms with Crippen LogP contribution in [0.3, 0.4) is 0 Å². The molecule has 0 bridgehead atoms. The molecule has 6 rings (SSSR count). The molecular weight excluding hydrogens is 482 g/mol. The molecule has 0 aromatic heterocycles. The molecule has 0 saturated heterocycles. The Hall–Kier alpha value is -4.64. The van der Waals surface area contributed by atoms with Crippen molar-refractivity contribution in [2.24, 2.45) is 0 Å². The molecule has 0 fully saturated rings. The van der Waals surface area contributed by atoms with Crippen LogP contribution >= 0.6 is 0 Å². The molecule has 194 valence electrons. The number of rotatable bonds is 4. The van der Waals surface area contributed by atoms with Crippen LogP contribution in [0.15, 0.2) is 120 Å². The van der Waals surface area contributed by atoms with E-state index in [2.05, 4.69) is 17.4 Å². The van der Waals surface area contributed by atoms with Crippen LogP contribution in [0.5, 0.6) is 0 Å². The SMILES string of the molecule is CN(C)c1ccc([C@@H]2C3=C(C[C@@H](c4ccccc4)CC3=O)Nc3ccccc3N2C(=O)c2ccccc2)cc1. The van der Waals surface area contributed by atoms with Crippen LogP contribution in [0, 0.1) is 0 Å². The first-order chi connectivity index (χ1) is 19.0. The first-order valence-corrected chi connectivity index (χ1v) is 13.3. The predicted molar refractivity (Wildman–Crippen MR) is 157 cm³/mol.